The van der Waals surface area contributed by atoms with E-state index in [9.17, 15) is 19.8 Å². The van der Waals surface area contributed by atoms with Crippen LogP contribution in [-0.4, -0.2) is 33.4 Å². The van der Waals surface area contributed by atoms with Crippen molar-refractivity contribution in [3.63, 3.8) is 0 Å². The second kappa shape index (κ2) is 10.7. The summed E-state index contributed by atoms with van der Waals surface area (Å²) in [7, 11) is 0. The molecule has 0 amide bonds. The van der Waals surface area contributed by atoms with Crippen LogP contribution in [0.25, 0.3) is 0 Å². The lowest BCUT2D eigenvalue weighted by Gasteiger charge is -2.18. The zero-order chi connectivity index (χ0) is 22.2. The van der Waals surface area contributed by atoms with Crippen LogP contribution < -0.4 is 0 Å². The first-order valence-electron chi connectivity index (χ1n) is 11.1. The molecule has 1 aromatic rings. The quantitative estimate of drug-likeness (QED) is 0.207. The number of benzene rings is 1. The normalized spacial score (nSPS) is 15.0. The fourth-order valence-electron chi connectivity index (χ4n) is 3.86. The van der Waals surface area contributed by atoms with Gasteiger partial charge in [-0.25, -0.2) is 0 Å². The SMILES string of the molecule is CC(C)(CCCCCc1cc(CCCCCC2(OC=O)CC2)cc(O)c1O)C(=O)O. The van der Waals surface area contributed by atoms with E-state index in [-0.39, 0.29) is 17.1 Å². The van der Waals surface area contributed by atoms with Gasteiger partial charge in [-0.05, 0) is 88.8 Å². The van der Waals surface area contributed by atoms with E-state index in [1.165, 1.54) is 0 Å². The first-order chi connectivity index (χ1) is 14.2. The third kappa shape index (κ3) is 7.22. The van der Waals surface area contributed by atoms with Crippen molar-refractivity contribution in [3.8, 4) is 11.5 Å². The Morgan fingerprint density at radius 3 is 2.37 bits per heavy atom. The molecule has 1 aliphatic carbocycles. The van der Waals surface area contributed by atoms with Gasteiger partial charge < -0.3 is 20.1 Å². The van der Waals surface area contributed by atoms with Crippen LogP contribution in [0.3, 0.4) is 0 Å². The van der Waals surface area contributed by atoms with Crippen LogP contribution in [0, 0.1) is 5.41 Å². The van der Waals surface area contributed by atoms with Gasteiger partial charge in [-0.3, -0.25) is 9.59 Å². The van der Waals surface area contributed by atoms with Gasteiger partial charge >= 0.3 is 5.97 Å². The lowest BCUT2D eigenvalue weighted by molar-refractivity contribution is -0.147. The first-order valence-corrected chi connectivity index (χ1v) is 11.1. The second-order valence-electron chi connectivity index (χ2n) is 9.33. The standard InChI is InChI=1S/C24H36O6/c1-23(2,22(28)29)11-7-4-6-10-19-15-18(16-20(26)21(19)27)9-5-3-8-12-24(13-14-24)30-17-25/h15-17,26-27H,3-14H2,1-2H3,(H,28,29). The van der Waals surface area contributed by atoms with Crippen molar-refractivity contribution in [1.29, 1.82) is 0 Å². The third-order valence-electron chi connectivity index (χ3n) is 6.26. The summed E-state index contributed by atoms with van der Waals surface area (Å²) in [6.07, 6.45) is 10.5. The highest BCUT2D eigenvalue weighted by atomic mass is 16.5. The highest BCUT2D eigenvalue weighted by Gasteiger charge is 2.44. The van der Waals surface area contributed by atoms with Gasteiger partial charge in [-0.2, -0.15) is 0 Å². The summed E-state index contributed by atoms with van der Waals surface area (Å²) in [6.45, 7) is 4.03. The molecule has 1 fully saturated rings. The van der Waals surface area contributed by atoms with Crippen LogP contribution in [0.4, 0.5) is 0 Å². The van der Waals surface area contributed by atoms with Gasteiger partial charge in [0.05, 0.1) is 5.41 Å². The first kappa shape index (κ1) is 24.0. The number of phenolic OH excluding ortho intramolecular Hbond substituents is 2. The zero-order valence-corrected chi connectivity index (χ0v) is 18.3. The van der Waals surface area contributed by atoms with Crippen molar-refractivity contribution in [3.05, 3.63) is 23.3 Å². The van der Waals surface area contributed by atoms with Gasteiger partial charge in [-0.15, -0.1) is 0 Å². The maximum Gasteiger partial charge on any atom is 0.309 e. The van der Waals surface area contributed by atoms with E-state index in [2.05, 4.69) is 0 Å². The number of aryl methyl sites for hydroxylation is 2. The Morgan fingerprint density at radius 2 is 1.73 bits per heavy atom. The van der Waals surface area contributed by atoms with Crippen LogP contribution in [0.2, 0.25) is 0 Å². The average Bonchev–Trinajstić information content (AvgIpc) is 3.44. The number of phenols is 2. The lowest BCUT2D eigenvalue weighted by Crippen LogP contribution is -2.23. The topological polar surface area (TPSA) is 104 Å². The molecule has 0 spiro atoms. The molecule has 0 heterocycles. The van der Waals surface area contributed by atoms with Crippen molar-refractivity contribution in [2.24, 2.45) is 5.41 Å². The lowest BCUT2D eigenvalue weighted by atomic mass is 9.87. The molecule has 6 nitrogen and oxygen atoms in total. The molecule has 3 N–H and O–H groups in total. The van der Waals surface area contributed by atoms with Gasteiger partial charge in [0, 0.05) is 0 Å². The molecule has 0 saturated heterocycles. The summed E-state index contributed by atoms with van der Waals surface area (Å²) in [5.41, 5.74) is 0.862. The second-order valence-corrected chi connectivity index (χ2v) is 9.33. The Morgan fingerprint density at radius 1 is 1.07 bits per heavy atom. The van der Waals surface area contributed by atoms with Gasteiger partial charge in [0.15, 0.2) is 11.5 Å². The molecule has 6 heteroatoms. The molecule has 168 valence electrons. The van der Waals surface area contributed by atoms with Crippen LogP contribution in [0.5, 0.6) is 11.5 Å². The van der Waals surface area contributed by atoms with Crippen LogP contribution in [-0.2, 0) is 27.2 Å². The maximum atomic E-state index is 11.2. The fourth-order valence-corrected chi connectivity index (χ4v) is 3.86. The Labute approximate surface area is 179 Å². The van der Waals surface area contributed by atoms with Gasteiger partial charge in [0.1, 0.15) is 5.60 Å². The molecule has 0 atom stereocenters. The number of hydrogen-bond donors (Lipinski definition) is 3. The van der Waals surface area contributed by atoms with Crippen molar-refractivity contribution >= 4 is 12.4 Å². The van der Waals surface area contributed by atoms with Crippen molar-refractivity contribution in [2.75, 3.05) is 0 Å². The number of rotatable bonds is 15. The highest BCUT2D eigenvalue weighted by Crippen LogP contribution is 2.43. The van der Waals surface area contributed by atoms with E-state index < -0.39 is 11.4 Å². The molecule has 30 heavy (non-hydrogen) atoms. The number of ether oxygens (including phenoxy) is 1. The Hall–Kier alpha value is -2.24. The summed E-state index contributed by atoms with van der Waals surface area (Å²) >= 11 is 0. The molecular weight excluding hydrogens is 384 g/mol. The minimum Gasteiger partial charge on any atom is -0.504 e. The molecule has 1 aromatic carbocycles. The average molecular weight is 421 g/mol. The van der Waals surface area contributed by atoms with E-state index in [0.29, 0.717) is 19.3 Å². The van der Waals surface area contributed by atoms with E-state index in [0.717, 1.165) is 75.3 Å². The van der Waals surface area contributed by atoms with Crippen molar-refractivity contribution < 1.29 is 29.6 Å². The summed E-state index contributed by atoms with van der Waals surface area (Å²) in [4.78, 5) is 21.7. The number of aliphatic carboxylic acids is 1. The fraction of sp³-hybridized carbons (Fsp3) is 0.667. The molecule has 0 aliphatic heterocycles. The molecule has 2 rings (SSSR count). The molecular formula is C24H36O6. The maximum absolute atomic E-state index is 11.2. The summed E-state index contributed by atoms with van der Waals surface area (Å²) < 4.78 is 5.16. The Kier molecular flexibility index (Phi) is 8.56. The monoisotopic (exact) mass is 420 g/mol. The molecule has 1 saturated carbocycles. The Bertz CT molecular complexity index is 721. The van der Waals surface area contributed by atoms with Gasteiger partial charge in [-0.1, -0.05) is 25.3 Å². The number of carboxylic acids is 1. The van der Waals surface area contributed by atoms with E-state index in [1.54, 1.807) is 19.9 Å². The van der Waals surface area contributed by atoms with Crippen LogP contribution >= 0.6 is 0 Å². The summed E-state index contributed by atoms with van der Waals surface area (Å²) in [5, 5.41) is 29.4. The van der Waals surface area contributed by atoms with Crippen molar-refractivity contribution in [1.82, 2.24) is 0 Å². The zero-order valence-electron chi connectivity index (χ0n) is 18.3. The number of unbranched alkanes of at least 4 members (excludes halogenated alkanes) is 4. The molecule has 0 aromatic heterocycles. The molecule has 0 unspecified atom stereocenters. The highest BCUT2D eigenvalue weighted by molar-refractivity contribution is 5.73. The summed E-state index contributed by atoms with van der Waals surface area (Å²) in [5.74, 6) is -0.904. The Balaban J connectivity index is 1.73. The number of carbonyl (C=O) groups excluding carboxylic acids is 1. The summed E-state index contributed by atoms with van der Waals surface area (Å²) in [6, 6.07) is 3.60. The predicted molar refractivity (Wildman–Crippen MR) is 115 cm³/mol. The number of carbonyl (C=O) groups is 2. The largest absolute Gasteiger partial charge is 0.504 e. The molecule has 0 bridgehead atoms. The minimum absolute atomic E-state index is 0.0497. The van der Waals surface area contributed by atoms with E-state index >= 15 is 0 Å². The van der Waals surface area contributed by atoms with Gasteiger partial charge in [0.2, 0.25) is 0 Å². The van der Waals surface area contributed by atoms with Crippen LogP contribution in [0.15, 0.2) is 12.1 Å². The smallest absolute Gasteiger partial charge is 0.309 e. The molecule has 0 radical (unpaired) electrons. The van der Waals surface area contributed by atoms with Crippen LogP contribution in [0.1, 0.15) is 89.2 Å². The van der Waals surface area contributed by atoms with Crippen molar-refractivity contribution in [2.45, 2.75) is 96.5 Å². The predicted octanol–water partition coefficient (Wildman–Crippen LogP) is 5.12. The molecule has 1 aliphatic rings. The van der Waals surface area contributed by atoms with Gasteiger partial charge in [0.25, 0.3) is 6.47 Å². The van der Waals surface area contributed by atoms with E-state index in [4.69, 9.17) is 9.84 Å². The number of aromatic hydroxyl groups is 2. The number of carboxylic acid groups (broad SMARTS) is 1. The number of hydrogen-bond acceptors (Lipinski definition) is 5. The third-order valence-corrected chi connectivity index (χ3v) is 6.26. The van der Waals surface area contributed by atoms with E-state index in [1.807, 2.05) is 6.07 Å². The minimum atomic E-state index is -0.777.